The van der Waals surface area contributed by atoms with E-state index >= 15 is 0 Å². The van der Waals surface area contributed by atoms with Gasteiger partial charge in [-0.05, 0) is 12.8 Å². The number of nitriles is 2. The Hall–Kier alpha value is -1.42. The molecule has 0 amide bonds. The van der Waals surface area contributed by atoms with Crippen LogP contribution >= 0.6 is 0 Å². The van der Waals surface area contributed by atoms with Gasteiger partial charge in [-0.15, -0.1) is 0 Å². The van der Waals surface area contributed by atoms with Crippen molar-refractivity contribution in [3.8, 4) is 12.1 Å². The molecule has 0 saturated carbocycles. The molecule has 4 nitrogen and oxygen atoms in total. The summed E-state index contributed by atoms with van der Waals surface area (Å²) in [6.07, 6.45) is 3.72. The first-order chi connectivity index (χ1) is 7.78. The molecular formula is C12H20N4. The number of hydrogen-bond acceptors (Lipinski definition) is 4. The van der Waals surface area contributed by atoms with Gasteiger partial charge >= 0.3 is 0 Å². The number of rotatable bonds is 8. The van der Waals surface area contributed by atoms with E-state index in [2.05, 4.69) is 36.2 Å². The summed E-state index contributed by atoms with van der Waals surface area (Å²) in [5, 5.41) is 25.5. The van der Waals surface area contributed by atoms with E-state index in [4.69, 9.17) is 10.5 Å². The van der Waals surface area contributed by atoms with Crippen molar-refractivity contribution in [1.82, 2.24) is 0 Å². The van der Waals surface area contributed by atoms with Crippen molar-refractivity contribution in [2.24, 2.45) is 22.1 Å². The maximum absolute atomic E-state index is 8.79. The highest BCUT2D eigenvalue weighted by molar-refractivity contribution is 4.85. The average molecular weight is 220 g/mol. The topological polar surface area (TPSA) is 72.3 Å². The smallest absolute Gasteiger partial charge is 0.0757 e. The summed E-state index contributed by atoms with van der Waals surface area (Å²) in [5.41, 5.74) is 0. The predicted molar refractivity (Wildman–Crippen MR) is 62.6 cm³/mol. The van der Waals surface area contributed by atoms with Gasteiger partial charge in [-0.1, -0.05) is 26.7 Å². The minimum atomic E-state index is -0.0274. The minimum absolute atomic E-state index is 0.0274. The van der Waals surface area contributed by atoms with Crippen LogP contribution < -0.4 is 0 Å². The third kappa shape index (κ3) is 6.95. The van der Waals surface area contributed by atoms with E-state index in [0.29, 0.717) is 13.1 Å². The zero-order chi connectivity index (χ0) is 12.2. The molecule has 0 aromatic rings. The molecule has 4 heteroatoms. The molecule has 0 aliphatic heterocycles. The Labute approximate surface area is 98.0 Å². The first-order valence-electron chi connectivity index (χ1n) is 5.90. The van der Waals surface area contributed by atoms with Crippen LogP contribution in [-0.2, 0) is 0 Å². The highest BCUT2D eigenvalue weighted by Gasteiger charge is 2.06. The van der Waals surface area contributed by atoms with Crippen LogP contribution in [0.2, 0.25) is 0 Å². The highest BCUT2D eigenvalue weighted by atomic mass is 15.1. The molecule has 0 bridgehead atoms. The van der Waals surface area contributed by atoms with Crippen LogP contribution in [0, 0.1) is 34.5 Å². The summed E-state index contributed by atoms with van der Waals surface area (Å²) in [4.78, 5) is 0. The second-order valence-electron chi connectivity index (χ2n) is 3.88. The molecule has 0 aromatic heterocycles. The molecule has 0 aliphatic rings. The third-order valence-corrected chi connectivity index (χ3v) is 2.34. The Morgan fingerprint density at radius 2 is 1.25 bits per heavy atom. The quantitative estimate of drug-likeness (QED) is 0.588. The van der Waals surface area contributed by atoms with Crippen LogP contribution in [-0.4, -0.2) is 13.1 Å². The first kappa shape index (κ1) is 14.6. The predicted octanol–water partition coefficient (Wildman–Crippen LogP) is 3.32. The molecule has 0 saturated heterocycles. The van der Waals surface area contributed by atoms with Crippen molar-refractivity contribution >= 4 is 0 Å². The molecule has 2 unspecified atom stereocenters. The largest absolute Gasteiger partial charge is 0.198 e. The molecule has 0 spiro atoms. The van der Waals surface area contributed by atoms with Crippen LogP contribution in [0.5, 0.6) is 0 Å². The molecule has 2 atom stereocenters. The fraction of sp³-hybridized carbons (Fsp3) is 0.833. The van der Waals surface area contributed by atoms with E-state index in [-0.39, 0.29) is 11.8 Å². The fourth-order valence-electron chi connectivity index (χ4n) is 1.40. The molecule has 88 valence electrons. The summed E-state index contributed by atoms with van der Waals surface area (Å²) in [6, 6.07) is 4.42. The van der Waals surface area contributed by atoms with Crippen molar-refractivity contribution in [2.75, 3.05) is 13.1 Å². The van der Waals surface area contributed by atoms with E-state index < -0.39 is 0 Å². The van der Waals surface area contributed by atoms with E-state index in [1.807, 2.05) is 0 Å². The molecule has 0 aromatic carbocycles. The maximum Gasteiger partial charge on any atom is 0.0757 e. The monoisotopic (exact) mass is 220 g/mol. The SMILES string of the molecule is CCCC(C#N)CN=NCC(C#N)CCC. The number of azo groups is 1. The van der Waals surface area contributed by atoms with Crippen molar-refractivity contribution < 1.29 is 0 Å². The maximum atomic E-state index is 8.79. The summed E-state index contributed by atoms with van der Waals surface area (Å²) in [6.45, 7) is 5.03. The zero-order valence-corrected chi connectivity index (χ0v) is 10.2. The van der Waals surface area contributed by atoms with Gasteiger partial charge in [-0.3, -0.25) is 0 Å². The standard InChI is InChI=1S/C12H20N4/c1-3-5-11(7-13)9-15-16-10-12(8-14)6-4-2/h11-12H,3-6,9-10H2,1-2H3. The van der Waals surface area contributed by atoms with Gasteiger partial charge in [0.1, 0.15) is 0 Å². The Balaban J connectivity index is 3.84. The Morgan fingerprint density at radius 1 is 0.875 bits per heavy atom. The van der Waals surface area contributed by atoms with E-state index in [0.717, 1.165) is 25.7 Å². The van der Waals surface area contributed by atoms with Crippen LogP contribution in [0.15, 0.2) is 10.2 Å². The zero-order valence-electron chi connectivity index (χ0n) is 10.2. The summed E-state index contributed by atoms with van der Waals surface area (Å²) in [5.74, 6) is -0.0547. The highest BCUT2D eigenvalue weighted by Crippen LogP contribution is 2.07. The lowest BCUT2D eigenvalue weighted by molar-refractivity contribution is 0.557. The Bertz CT molecular complexity index is 244. The third-order valence-electron chi connectivity index (χ3n) is 2.34. The lowest BCUT2D eigenvalue weighted by Gasteiger charge is -2.03. The van der Waals surface area contributed by atoms with Gasteiger partial charge in [0.15, 0.2) is 0 Å². The first-order valence-corrected chi connectivity index (χ1v) is 5.90. The van der Waals surface area contributed by atoms with E-state index in [1.54, 1.807) is 0 Å². The van der Waals surface area contributed by atoms with Crippen LogP contribution in [0.3, 0.4) is 0 Å². The van der Waals surface area contributed by atoms with Gasteiger partial charge in [0, 0.05) is 0 Å². The average Bonchev–Trinajstić information content (AvgIpc) is 2.31. The summed E-state index contributed by atoms with van der Waals surface area (Å²) >= 11 is 0. The molecular weight excluding hydrogens is 200 g/mol. The van der Waals surface area contributed by atoms with E-state index in [1.165, 1.54) is 0 Å². The molecule has 0 N–H and O–H groups in total. The molecule has 0 radical (unpaired) electrons. The van der Waals surface area contributed by atoms with Gasteiger partial charge in [-0.25, -0.2) is 0 Å². The lowest BCUT2D eigenvalue weighted by Crippen LogP contribution is -2.03. The minimum Gasteiger partial charge on any atom is -0.198 e. The summed E-state index contributed by atoms with van der Waals surface area (Å²) < 4.78 is 0. The van der Waals surface area contributed by atoms with Gasteiger partial charge in [-0.2, -0.15) is 20.8 Å². The Kier molecular flexibility index (Phi) is 9.21. The second kappa shape index (κ2) is 10.1. The van der Waals surface area contributed by atoms with Gasteiger partial charge in [0.2, 0.25) is 0 Å². The molecule has 16 heavy (non-hydrogen) atoms. The van der Waals surface area contributed by atoms with Crippen LogP contribution in [0.25, 0.3) is 0 Å². The van der Waals surface area contributed by atoms with Gasteiger partial charge < -0.3 is 0 Å². The molecule has 0 rings (SSSR count). The van der Waals surface area contributed by atoms with Gasteiger partial charge in [0.05, 0.1) is 37.1 Å². The lowest BCUT2D eigenvalue weighted by atomic mass is 10.1. The van der Waals surface area contributed by atoms with Crippen molar-refractivity contribution in [3.63, 3.8) is 0 Å². The Morgan fingerprint density at radius 3 is 1.50 bits per heavy atom. The second-order valence-corrected chi connectivity index (χ2v) is 3.88. The van der Waals surface area contributed by atoms with Crippen molar-refractivity contribution in [3.05, 3.63) is 0 Å². The van der Waals surface area contributed by atoms with Crippen molar-refractivity contribution in [1.29, 1.82) is 10.5 Å². The fourth-order valence-corrected chi connectivity index (χ4v) is 1.40. The van der Waals surface area contributed by atoms with E-state index in [9.17, 15) is 0 Å². The number of nitrogens with zero attached hydrogens (tertiary/aromatic N) is 4. The number of hydrogen-bond donors (Lipinski definition) is 0. The summed E-state index contributed by atoms with van der Waals surface area (Å²) in [7, 11) is 0. The van der Waals surface area contributed by atoms with Gasteiger partial charge in [0.25, 0.3) is 0 Å². The normalized spacial score (nSPS) is 14.2. The molecule has 0 heterocycles. The molecule has 0 fully saturated rings. The van der Waals surface area contributed by atoms with Crippen LogP contribution in [0.4, 0.5) is 0 Å². The van der Waals surface area contributed by atoms with Crippen molar-refractivity contribution in [2.45, 2.75) is 39.5 Å². The molecule has 0 aliphatic carbocycles. The van der Waals surface area contributed by atoms with Crippen LogP contribution in [0.1, 0.15) is 39.5 Å².